The van der Waals surface area contributed by atoms with Crippen LogP contribution in [0.25, 0.3) is 0 Å². The largest absolute Gasteiger partial charge is 0.480 e. The van der Waals surface area contributed by atoms with Gasteiger partial charge < -0.3 is 16.2 Å². The van der Waals surface area contributed by atoms with Gasteiger partial charge in [0, 0.05) is 6.54 Å². The highest BCUT2D eigenvalue weighted by atomic mass is 35.5. The van der Waals surface area contributed by atoms with Crippen LogP contribution in [0.3, 0.4) is 0 Å². The maximum atomic E-state index is 12.0. The predicted octanol–water partition coefficient (Wildman–Crippen LogP) is 2.22. The van der Waals surface area contributed by atoms with Crippen molar-refractivity contribution in [2.75, 3.05) is 0 Å². The molecule has 0 fully saturated rings. The lowest BCUT2D eigenvalue weighted by Gasteiger charge is -2.09. The first-order valence-corrected chi connectivity index (χ1v) is 7.44. The van der Waals surface area contributed by atoms with Crippen LogP contribution >= 0.6 is 11.6 Å². The van der Waals surface area contributed by atoms with Gasteiger partial charge >= 0.3 is 5.97 Å². The Morgan fingerprint density at radius 2 is 1.70 bits per heavy atom. The quantitative estimate of drug-likeness (QED) is 0.756. The van der Waals surface area contributed by atoms with E-state index in [-0.39, 0.29) is 12.3 Å². The molecule has 2 aromatic carbocycles. The first-order valence-electron chi connectivity index (χ1n) is 7.06. The standard InChI is InChI=1S/C17H17ClN2O3/c18-14-4-2-1-3-13(14)16(21)20-10-12-7-5-11(6-8-12)9-15(19)17(22)23/h1-8,15H,9-10,19H2,(H,20,21)(H,22,23). The third-order valence-electron chi connectivity index (χ3n) is 3.37. The number of carboxylic acid groups (broad SMARTS) is 1. The average Bonchev–Trinajstić information content (AvgIpc) is 2.54. The minimum Gasteiger partial charge on any atom is -0.480 e. The summed E-state index contributed by atoms with van der Waals surface area (Å²) in [6, 6.07) is 13.2. The summed E-state index contributed by atoms with van der Waals surface area (Å²) in [5.74, 6) is -1.27. The number of benzene rings is 2. The Kier molecular flexibility index (Phi) is 5.73. The zero-order valence-corrected chi connectivity index (χ0v) is 13.1. The van der Waals surface area contributed by atoms with E-state index in [1.54, 1.807) is 36.4 Å². The Labute approximate surface area is 139 Å². The van der Waals surface area contributed by atoms with E-state index in [2.05, 4.69) is 5.32 Å². The molecule has 0 aliphatic carbocycles. The molecule has 0 aliphatic heterocycles. The van der Waals surface area contributed by atoms with E-state index in [0.29, 0.717) is 17.1 Å². The lowest BCUT2D eigenvalue weighted by molar-refractivity contribution is -0.138. The molecule has 120 valence electrons. The summed E-state index contributed by atoms with van der Waals surface area (Å²) in [5.41, 5.74) is 7.66. The number of halogens is 1. The molecule has 6 heteroatoms. The van der Waals surface area contributed by atoms with Crippen LogP contribution in [-0.2, 0) is 17.8 Å². The molecule has 0 bridgehead atoms. The normalized spacial score (nSPS) is 11.7. The molecule has 2 aromatic rings. The second-order valence-electron chi connectivity index (χ2n) is 5.13. The zero-order valence-electron chi connectivity index (χ0n) is 12.3. The molecule has 5 nitrogen and oxygen atoms in total. The third-order valence-corrected chi connectivity index (χ3v) is 3.70. The Hall–Kier alpha value is -2.37. The van der Waals surface area contributed by atoms with Crippen molar-refractivity contribution in [2.24, 2.45) is 5.73 Å². The molecule has 0 heterocycles. The fraction of sp³-hybridized carbons (Fsp3) is 0.176. The van der Waals surface area contributed by atoms with Crippen molar-refractivity contribution in [3.05, 3.63) is 70.2 Å². The van der Waals surface area contributed by atoms with Crippen molar-refractivity contribution in [1.29, 1.82) is 0 Å². The van der Waals surface area contributed by atoms with Crippen LogP contribution in [0.2, 0.25) is 5.02 Å². The van der Waals surface area contributed by atoms with Crippen molar-refractivity contribution >= 4 is 23.5 Å². The van der Waals surface area contributed by atoms with Gasteiger partial charge in [0.15, 0.2) is 0 Å². The van der Waals surface area contributed by atoms with Gasteiger partial charge in [-0.3, -0.25) is 9.59 Å². The Morgan fingerprint density at radius 3 is 2.30 bits per heavy atom. The number of aliphatic carboxylic acids is 1. The smallest absolute Gasteiger partial charge is 0.320 e. The number of carbonyl (C=O) groups is 2. The number of nitrogens with two attached hydrogens (primary N) is 1. The molecule has 0 radical (unpaired) electrons. The lowest BCUT2D eigenvalue weighted by Crippen LogP contribution is -2.32. The number of hydrogen-bond donors (Lipinski definition) is 3. The Bertz CT molecular complexity index is 701. The molecule has 2 rings (SSSR count). The van der Waals surface area contributed by atoms with Gasteiger partial charge in [0.25, 0.3) is 5.91 Å². The molecule has 1 amide bonds. The number of hydrogen-bond acceptors (Lipinski definition) is 3. The van der Waals surface area contributed by atoms with Crippen molar-refractivity contribution in [3.8, 4) is 0 Å². The van der Waals surface area contributed by atoms with Crippen LogP contribution < -0.4 is 11.1 Å². The van der Waals surface area contributed by atoms with Gasteiger partial charge in [0.1, 0.15) is 6.04 Å². The Balaban J connectivity index is 1.93. The maximum Gasteiger partial charge on any atom is 0.320 e. The molecule has 0 saturated heterocycles. The van der Waals surface area contributed by atoms with Crippen molar-refractivity contribution in [1.82, 2.24) is 5.32 Å². The van der Waals surface area contributed by atoms with E-state index in [0.717, 1.165) is 11.1 Å². The van der Waals surface area contributed by atoms with Gasteiger partial charge in [-0.25, -0.2) is 0 Å². The predicted molar refractivity (Wildman–Crippen MR) is 88.4 cm³/mol. The van der Waals surface area contributed by atoms with E-state index in [1.165, 1.54) is 0 Å². The molecule has 0 aromatic heterocycles. The monoisotopic (exact) mass is 332 g/mol. The summed E-state index contributed by atoms with van der Waals surface area (Å²) in [4.78, 5) is 22.8. The van der Waals surface area contributed by atoms with E-state index in [9.17, 15) is 9.59 Å². The number of carbonyl (C=O) groups excluding carboxylic acids is 1. The van der Waals surface area contributed by atoms with Gasteiger partial charge in [-0.05, 0) is 29.7 Å². The molecule has 0 aliphatic rings. The minimum absolute atomic E-state index is 0.243. The highest BCUT2D eigenvalue weighted by Crippen LogP contribution is 2.15. The molecular formula is C17H17ClN2O3. The van der Waals surface area contributed by atoms with Crippen molar-refractivity contribution < 1.29 is 14.7 Å². The Morgan fingerprint density at radius 1 is 1.09 bits per heavy atom. The van der Waals surface area contributed by atoms with Gasteiger partial charge in [-0.1, -0.05) is 48.0 Å². The fourth-order valence-electron chi connectivity index (χ4n) is 2.06. The van der Waals surface area contributed by atoms with Crippen LogP contribution in [0, 0.1) is 0 Å². The number of amides is 1. The second kappa shape index (κ2) is 7.76. The summed E-state index contributed by atoms with van der Waals surface area (Å²) in [7, 11) is 0. The first kappa shape index (κ1) is 17.0. The van der Waals surface area contributed by atoms with Crippen LogP contribution in [0.1, 0.15) is 21.5 Å². The van der Waals surface area contributed by atoms with Crippen LogP contribution in [0.5, 0.6) is 0 Å². The molecule has 1 atom stereocenters. The number of carboxylic acids is 1. The van der Waals surface area contributed by atoms with Crippen LogP contribution in [-0.4, -0.2) is 23.0 Å². The topological polar surface area (TPSA) is 92.4 Å². The third kappa shape index (κ3) is 4.81. The fourth-order valence-corrected chi connectivity index (χ4v) is 2.28. The lowest BCUT2D eigenvalue weighted by atomic mass is 10.0. The zero-order chi connectivity index (χ0) is 16.8. The van der Waals surface area contributed by atoms with E-state index in [4.69, 9.17) is 22.4 Å². The van der Waals surface area contributed by atoms with Crippen molar-refractivity contribution in [2.45, 2.75) is 19.0 Å². The summed E-state index contributed by atoms with van der Waals surface area (Å²) in [6.07, 6.45) is 0.265. The molecule has 4 N–H and O–H groups in total. The number of rotatable bonds is 6. The molecule has 23 heavy (non-hydrogen) atoms. The minimum atomic E-state index is -1.03. The summed E-state index contributed by atoms with van der Waals surface area (Å²) >= 11 is 5.97. The number of nitrogens with one attached hydrogen (secondary N) is 1. The average molecular weight is 333 g/mol. The summed E-state index contributed by atoms with van der Waals surface area (Å²) in [6.45, 7) is 0.356. The van der Waals surface area contributed by atoms with Crippen LogP contribution in [0.15, 0.2) is 48.5 Å². The highest BCUT2D eigenvalue weighted by Gasteiger charge is 2.12. The highest BCUT2D eigenvalue weighted by molar-refractivity contribution is 6.33. The van der Waals surface area contributed by atoms with Gasteiger partial charge in [0.05, 0.1) is 10.6 Å². The van der Waals surface area contributed by atoms with E-state index < -0.39 is 12.0 Å². The molecule has 0 saturated carbocycles. The van der Waals surface area contributed by atoms with Gasteiger partial charge in [-0.2, -0.15) is 0 Å². The molecule has 1 unspecified atom stereocenters. The summed E-state index contributed by atoms with van der Waals surface area (Å²) in [5, 5.41) is 12.0. The van der Waals surface area contributed by atoms with E-state index in [1.807, 2.05) is 12.1 Å². The molecular weight excluding hydrogens is 316 g/mol. The summed E-state index contributed by atoms with van der Waals surface area (Å²) < 4.78 is 0. The maximum absolute atomic E-state index is 12.0. The first-order chi connectivity index (χ1) is 11.0. The SMILES string of the molecule is NC(Cc1ccc(CNC(=O)c2ccccc2Cl)cc1)C(=O)O. The van der Waals surface area contributed by atoms with Crippen molar-refractivity contribution in [3.63, 3.8) is 0 Å². The second-order valence-corrected chi connectivity index (χ2v) is 5.54. The van der Waals surface area contributed by atoms with Crippen LogP contribution in [0.4, 0.5) is 0 Å². The van der Waals surface area contributed by atoms with Gasteiger partial charge in [-0.15, -0.1) is 0 Å². The van der Waals surface area contributed by atoms with Gasteiger partial charge in [0.2, 0.25) is 0 Å². The molecule has 0 spiro atoms. The van der Waals surface area contributed by atoms with E-state index >= 15 is 0 Å².